The molecule has 1 atom stereocenters. The molecule has 222 valence electrons. The number of ether oxygens (including phenoxy) is 2. The Balaban J connectivity index is 1.53. The fourth-order valence-electron chi connectivity index (χ4n) is 4.45. The van der Waals surface area contributed by atoms with Gasteiger partial charge < -0.3 is 19.2 Å². The van der Waals surface area contributed by atoms with Crippen molar-refractivity contribution < 1.29 is 18.7 Å². The summed E-state index contributed by atoms with van der Waals surface area (Å²) in [5.41, 5.74) is 3.87. The van der Waals surface area contributed by atoms with Gasteiger partial charge in [-0.1, -0.05) is 42.0 Å². The average Bonchev–Trinajstić information content (AvgIpc) is 3.44. The first kappa shape index (κ1) is 30.8. The highest BCUT2D eigenvalue weighted by Crippen LogP contribution is 2.31. The molecule has 0 aliphatic carbocycles. The molecule has 1 amide bonds. The fourth-order valence-corrected chi connectivity index (χ4v) is 4.45. The smallest absolute Gasteiger partial charge is 0.271 e. The van der Waals surface area contributed by atoms with Crippen LogP contribution >= 0.6 is 0 Å². The third-order valence-corrected chi connectivity index (χ3v) is 6.64. The van der Waals surface area contributed by atoms with E-state index in [4.69, 9.17) is 13.9 Å². The van der Waals surface area contributed by atoms with Crippen LogP contribution in [-0.2, 0) is 0 Å². The largest absolute Gasteiger partial charge is 0.493 e. The maximum atomic E-state index is 13.5. The van der Waals surface area contributed by atoms with Crippen molar-refractivity contribution in [2.75, 3.05) is 6.61 Å². The van der Waals surface area contributed by atoms with Crippen molar-refractivity contribution in [2.24, 2.45) is 0 Å². The van der Waals surface area contributed by atoms with E-state index in [-0.39, 0.29) is 17.4 Å². The molecule has 4 rings (SSSR count). The maximum absolute atomic E-state index is 13.5. The summed E-state index contributed by atoms with van der Waals surface area (Å²) >= 11 is 0. The molecular formula is C35H37N3O5. The zero-order chi connectivity index (χ0) is 30.9. The second-order valence-corrected chi connectivity index (χ2v) is 9.76. The zero-order valence-corrected chi connectivity index (χ0v) is 25.4. The number of rotatable bonds is 11. The van der Waals surface area contributed by atoms with E-state index in [1.807, 2.05) is 82.3 Å². The van der Waals surface area contributed by atoms with Gasteiger partial charge in [-0.05, 0) is 71.9 Å². The number of carbonyl (C=O) groups is 1. The molecule has 0 fully saturated rings. The summed E-state index contributed by atoms with van der Waals surface area (Å²) in [7, 11) is 0. The van der Waals surface area contributed by atoms with Gasteiger partial charge in [0.1, 0.15) is 28.7 Å². The monoisotopic (exact) mass is 579 g/mol. The first-order valence-corrected chi connectivity index (χ1v) is 14.3. The standard InChI is InChI=1S/C35H37N3O5/c1-7-11-25(8-2)31-22-28-33(43-31)30(18-20-36-28)42-24(6)14-15-26(9-3)37-34(39)32-29(41-10-4)19-21-38(35(32)40)27-16-12-23(5)13-17-27/h7-9,11-22,24H,10H2,1-6H3,(H,37,39). The van der Waals surface area contributed by atoms with Crippen molar-refractivity contribution in [1.29, 1.82) is 0 Å². The highest BCUT2D eigenvalue weighted by Gasteiger charge is 2.20. The molecule has 0 radical (unpaired) electrons. The number of hydrogen-bond acceptors (Lipinski definition) is 6. The summed E-state index contributed by atoms with van der Waals surface area (Å²) in [6.07, 6.45) is 14.1. The molecule has 1 aromatic carbocycles. The number of fused-ring (bicyclic) bond motifs is 1. The number of pyridine rings is 2. The van der Waals surface area contributed by atoms with Crippen LogP contribution in [0.5, 0.6) is 11.5 Å². The number of nitrogens with zero attached hydrogens (tertiary/aromatic N) is 2. The predicted molar refractivity (Wildman–Crippen MR) is 171 cm³/mol. The van der Waals surface area contributed by atoms with E-state index in [1.165, 1.54) is 4.57 Å². The molecule has 0 saturated heterocycles. The highest BCUT2D eigenvalue weighted by molar-refractivity contribution is 5.98. The maximum Gasteiger partial charge on any atom is 0.271 e. The van der Waals surface area contributed by atoms with Gasteiger partial charge >= 0.3 is 0 Å². The van der Waals surface area contributed by atoms with Crippen molar-refractivity contribution in [3.05, 3.63) is 124 Å². The summed E-state index contributed by atoms with van der Waals surface area (Å²) in [6, 6.07) is 12.8. The SMILES string of the molecule is CC=CC(=CC)c1cc2nccc(OC(C)C=CC(=CC)NC(=O)c3c(OCC)ccn(-c4ccc(C)cc4)c3=O)c2o1. The van der Waals surface area contributed by atoms with Gasteiger partial charge in [-0.25, -0.2) is 0 Å². The molecular weight excluding hydrogens is 542 g/mol. The number of hydrogen-bond donors (Lipinski definition) is 1. The van der Waals surface area contributed by atoms with Gasteiger partial charge in [0.15, 0.2) is 11.3 Å². The molecule has 1 N–H and O–H groups in total. The molecule has 3 heterocycles. The van der Waals surface area contributed by atoms with E-state index in [1.54, 1.807) is 50.5 Å². The minimum absolute atomic E-state index is 0.0757. The van der Waals surface area contributed by atoms with Gasteiger partial charge in [0, 0.05) is 41.5 Å². The molecule has 3 aromatic heterocycles. The topological polar surface area (TPSA) is 95.6 Å². The zero-order valence-electron chi connectivity index (χ0n) is 25.4. The summed E-state index contributed by atoms with van der Waals surface area (Å²) in [5, 5.41) is 2.84. The minimum atomic E-state index is -0.568. The summed E-state index contributed by atoms with van der Waals surface area (Å²) in [5.74, 6) is 0.911. The molecule has 8 nitrogen and oxygen atoms in total. The van der Waals surface area contributed by atoms with Gasteiger partial charge in [0.25, 0.3) is 11.5 Å². The summed E-state index contributed by atoms with van der Waals surface area (Å²) in [6.45, 7) is 11.7. The van der Waals surface area contributed by atoms with Crippen LogP contribution in [0.1, 0.15) is 56.3 Å². The number of furan rings is 1. The Morgan fingerprint density at radius 3 is 2.51 bits per heavy atom. The van der Waals surface area contributed by atoms with Crippen LogP contribution in [0.15, 0.2) is 106 Å². The molecule has 0 saturated carbocycles. The summed E-state index contributed by atoms with van der Waals surface area (Å²) in [4.78, 5) is 31.3. The summed E-state index contributed by atoms with van der Waals surface area (Å²) < 4.78 is 19.4. The molecule has 0 aliphatic rings. The van der Waals surface area contributed by atoms with Crippen LogP contribution in [0.4, 0.5) is 0 Å². The Bertz CT molecular complexity index is 1770. The van der Waals surface area contributed by atoms with Crippen molar-refractivity contribution in [3.63, 3.8) is 0 Å². The van der Waals surface area contributed by atoms with Crippen LogP contribution in [0.3, 0.4) is 0 Å². The molecule has 8 heteroatoms. The lowest BCUT2D eigenvalue weighted by molar-refractivity contribution is 0.0961. The van der Waals surface area contributed by atoms with Gasteiger partial charge in [-0.15, -0.1) is 0 Å². The van der Waals surface area contributed by atoms with Gasteiger partial charge in [-0.3, -0.25) is 19.1 Å². The highest BCUT2D eigenvalue weighted by atomic mass is 16.5. The van der Waals surface area contributed by atoms with Crippen LogP contribution < -0.4 is 20.3 Å². The Hall–Kier alpha value is -5.11. The van der Waals surface area contributed by atoms with E-state index in [0.29, 0.717) is 40.6 Å². The first-order valence-electron chi connectivity index (χ1n) is 14.3. The Morgan fingerprint density at radius 2 is 1.84 bits per heavy atom. The van der Waals surface area contributed by atoms with Gasteiger partial charge in [0.05, 0.1) is 6.61 Å². The number of carbonyl (C=O) groups excluding carboxylic acids is 1. The van der Waals surface area contributed by atoms with Crippen LogP contribution in [0.2, 0.25) is 0 Å². The predicted octanol–water partition coefficient (Wildman–Crippen LogP) is 7.32. The van der Waals surface area contributed by atoms with E-state index in [0.717, 1.165) is 11.1 Å². The quantitative estimate of drug-likeness (QED) is 0.187. The Labute approximate surface area is 251 Å². The second kappa shape index (κ2) is 14.2. The molecule has 0 spiro atoms. The molecule has 0 bridgehead atoms. The number of nitrogens with one attached hydrogen (secondary N) is 1. The number of benzene rings is 1. The van der Waals surface area contributed by atoms with Crippen molar-refractivity contribution in [2.45, 2.75) is 47.6 Å². The Kier molecular flexibility index (Phi) is 10.2. The van der Waals surface area contributed by atoms with E-state index in [9.17, 15) is 9.59 Å². The van der Waals surface area contributed by atoms with E-state index < -0.39 is 11.5 Å². The van der Waals surface area contributed by atoms with Gasteiger partial charge in [-0.2, -0.15) is 0 Å². The molecule has 4 aromatic rings. The number of amides is 1. The van der Waals surface area contributed by atoms with Crippen LogP contribution in [0, 0.1) is 6.92 Å². The average molecular weight is 580 g/mol. The normalized spacial score (nSPS) is 13.2. The fraction of sp³-hybridized carbons (Fsp3) is 0.229. The minimum Gasteiger partial charge on any atom is -0.493 e. The van der Waals surface area contributed by atoms with E-state index in [2.05, 4.69) is 10.3 Å². The molecule has 0 aliphatic heterocycles. The third kappa shape index (κ3) is 7.22. The van der Waals surface area contributed by atoms with Gasteiger partial charge in [0.2, 0.25) is 0 Å². The molecule has 1 unspecified atom stereocenters. The third-order valence-electron chi connectivity index (χ3n) is 6.64. The van der Waals surface area contributed by atoms with Crippen molar-refractivity contribution >= 4 is 22.6 Å². The number of allylic oxidation sites excluding steroid dienone is 6. The van der Waals surface area contributed by atoms with Crippen LogP contribution in [-0.4, -0.2) is 28.2 Å². The lowest BCUT2D eigenvalue weighted by Crippen LogP contribution is -2.32. The lowest BCUT2D eigenvalue weighted by atomic mass is 10.2. The second-order valence-electron chi connectivity index (χ2n) is 9.76. The number of aromatic nitrogens is 2. The first-order chi connectivity index (χ1) is 20.8. The van der Waals surface area contributed by atoms with Crippen LogP contribution in [0.25, 0.3) is 22.4 Å². The van der Waals surface area contributed by atoms with Crippen molar-refractivity contribution in [3.8, 4) is 17.2 Å². The lowest BCUT2D eigenvalue weighted by Gasteiger charge is -2.14. The Morgan fingerprint density at radius 1 is 1.07 bits per heavy atom. The number of aryl methyl sites for hydroxylation is 1. The van der Waals surface area contributed by atoms with Crippen molar-refractivity contribution in [1.82, 2.24) is 14.9 Å². The van der Waals surface area contributed by atoms with E-state index >= 15 is 0 Å². The molecule has 43 heavy (non-hydrogen) atoms.